The topological polar surface area (TPSA) is 61.4 Å². The summed E-state index contributed by atoms with van der Waals surface area (Å²) in [6.07, 6.45) is 2.00. The Morgan fingerprint density at radius 1 is 1.25 bits per heavy atom. The lowest BCUT2D eigenvalue weighted by Crippen LogP contribution is -2.28. The van der Waals surface area contributed by atoms with Crippen molar-refractivity contribution in [3.8, 4) is 0 Å². The van der Waals surface area contributed by atoms with Crippen molar-refractivity contribution in [1.29, 1.82) is 0 Å². The highest BCUT2D eigenvalue weighted by molar-refractivity contribution is 7.99. The van der Waals surface area contributed by atoms with Crippen LogP contribution < -0.4 is 10.6 Å². The van der Waals surface area contributed by atoms with Gasteiger partial charge in [-0.2, -0.15) is 11.8 Å². The first-order valence-electron chi connectivity index (χ1n) is 8.38. The van der Waals surface area contributed by atoms with Crippen LogP contribution in [0.25, 0.3) is 0 Å². The van der Waals surface area contributed by atoms with Gasteiger partial charge in [0.2, 0.25) is 11.8 Å². The van der Waals surface area contributed by atoms with Gasteiger partial charge < -0.3 is 15.5 Å². The number of carbonyl (C=O) groups is 2. The molecule has 1 saturated carbocycles. The van der Waals surface area contributed by atoms with E-state index in [2.05, 4.69) is 15.5 Å². The van der Waals surface area contributed by atoms with Gasteiger partial charge in [-0.3, -0.25) is 9.59 Å². The summed E-state index contributed by atoms with van der Waals surface area (Å²) >= 11 is 1.64. The zero-order valence-electron chi connectivity index (χ0n) is 14.7. The van der Waals surface area contributed by atoms with Gasteiger partial charge in [0.05, 0.1) is 11.8 Å². The maximum absolute atomic E-state index is 12.0. The van der Waals surface area contributed by atoms with Crippen molar-refractivity contribution in [1.82, 2.24) is 10.2 Å². The summed E-state index contributed by atoms with van der Waals surface area (Å²) in [5.41, 5.74) is 1.85. The first-order chi connectivity index (χ1) is 11.5. The van der Waals surface area contributed by atoms with E-state index in [0.29, 0.717) is 5.75 Å². The number of thioether (sulfide) groups is 1. The maximum atomic E-state index is 12.0. The van der Waals surface area contributed by atoms with E-state index >= 15 is 0 Å². The van der Waals surface area contributed by atoms with Crippen LogP contribution >= 0.6 is 11.8 Å². The molecule has 0 heterocycles. The van der Waals surface area contributed by atoms with Crippen LogP contribution in [-0.4, -0.2) is 48.9 Å². The van der Waals surface area contributed by atoms with Crippen LogP contribution in [0.5, 0.6) is 0 Å². The molecule has 2 rings (SSSR count). The minimum Gasteiger partial charge on any atom is -0.349 e. The molecular formula is C18H27N3O2S. The molecule has 2 N–H and O–H groups in total. The average Bonchev–Trinajstić information content (AvgIpc) is 3.37. The number of carbonyl (C=O) groups excluding carboxylic acids is 2. The molecular weight excluding hydrogens is 322 g/mol. The van der Waals surface area contributed by atoms with E-state index in [1.165, 1.54) is 0 Å². The number of hydrogen-bond donors (Lipinski definition) is 2. The van der Waals surface area contributed by atoms with Gasteiger partial charge in [-0.15, -0.1) is 0 Å². The van der Waals surface area contributed by atoms with Gasteiger partial charge in [0.15, 0.2) is 0 Å². The molecule has 132 valence electrons. The fraction of sp³-hybridized carbons (Fsp3) is 0.556. The summed E-state index contributed by atoms with van der Waals surface area (Å²) in [5, 5.41) is 5.93. The number of amides is 2. The van der Waals surface area contributed by atoms with Gasteiger partial charge in [0, 0.05) is 23.9 Å². The Balaban J connectivity index is 1.73. The van der Waals surface area contributed by atoms with E-state index in [-0.39, 0.29) is 23.8 Å². The van der Waals surface area contributed by atoms with E-state index < -0.39 is 0 Å². The zero-order chi connectivity index (χ0) is 17.5. The molecule has 0 saturated heterocycles. The van der Waals surface area contributed by atoms with Crippen molar-refractivity contribution in [3.63, 3.8) is 0 Å². The van der Waals surface area contributed by atoms with E-state index in [0.717, 1.165) is 36.4 Å². The second-order valence-corrected chi connectivity index (χ2v) is 7.64. The molecule has 5 nitrogen and oxygen atoms in total. The molecule has 1 aromatic carbocycles. The van der Waals surface area contributed by atoms with Crippen LogP contribution in [0.1, 0.15) is 31.4 Å². The summed E-state index contributed by atoms with van der Waals surface area (Å²) in [4.78, 5) is 25.8. The number of nitrogens with zero attached hydrogens (tertiary/aromatic N) is 1. The molecule has 2 amide bonds. The van der Waals surface area contributed by atoms with Gasteiger partial charge in [-0.1, -0.05) is 12.1 Å². The average molecular weight is 350 g/mol. The van der Waals surface area contributed by atoms with Gasteiger partial charge >= 0.3 is 0 Å². The Bertz CT molecular complexity index is 556. The summed E-state index contributed by atoms with van der Waals surface area (Å²) in [6, 6.07) is 7.65. The third-order valence-electron chi connectivity index (χ3n) is 3.92. The fourth-order valence-corrected chi connectivity index (χ4v) is 3.13. The standard InChI is InChI=1S/C18H27N3O2S/c1-13(19-17(22)12-24-11-10-21(2)3)14-6-8-16(9-7-14)20-18(23)15-4-5-15/h6-9,13,15H,4-5,10-12H2,1-3H3,(H,19,22)(H,20,23)/t13-/m0/s1. The Hall–Kier alpha value is -1.53. The number of nitrogens with one attached hydrogen (secondary N) is 2. The molecule has 1 atom stereocenters. The molecule has 0 radical (unpaired) electrons. The van der Waals surface area contributed by atoms with Crippen molar-refractivity contribution in [2.45, 2.75) is 25.8 Å². The molecule has 1 fully saturated rings. The Labute approximate surface area is 148 Å². The predicted molar refractivity (Wildman–Crippen MR) is 100 cm³/mol. The van der Waals surface area contributed by atoms with Crippen LogP contribution in [0, 0.1) is 5.92 Å². The Morgan fingerprint density at radius 3 is 2.50 bits per heavy atom. The summed E-state index contributed by atoms with van der Waals surface area (Å²) in [6.45, 7) is 2.95. The number of hydrogen-bond acceptors (Lipinski definition) is 4. The Morgan fingerprint density at radius 2 is 1.92 bits per heavy atom. The van der Waals surface area contributed by atoms with Crippen LogP contribution in [0.4, 0.5) is 5.69 Å². The van der Waals surface area contributed by atoms with Crippen LogP contribution in [0.15, 0.2) is 24.3 Å². The van der Waals surface area contributed by atoms with Gasteiger partial charge in [-0.05, 0) is 51.6 Å². The highest BCUT2D eigenvalue weighted by Crippen LogP contribution is 2.30. The maximum Gasteiger partial charge on any atom is 0.230 e. The fourth-order valence-electron chi connectivity index (χ4n) is 2.22. The molecule has 0 aliphatic heterocycles. The minimum atomic E-state index is -0.0415. The monoisotopic (exact) mass is 349 g/mol. The molecule has 1 aliphatic rings. The zero-order valence-corrected chi connectivity index (χ0v) is 15.5. The van der Waals surface area contributed by atoms with Crippen LogP contribution in [0.2, 0.25) is 0 Å². The van der Waals surface area contributed by atoms with Crippen molar-refractivity contribution < 1.29 is 9.59 Å². The smallest absolute Gasteiger partial charge is 0.230 e. The second-order valence-electron chi connectivity index (χ2n) is 6.53. The molecule has 1 aromatic rings. The summed E-state index contributed by atoms with van der Waals surface area (Å²) < 4.78 is 0. The third-order valence-corrected chi connectivity index (χ3v) is 4.86. The molecule has 6 heteroatoms. The lowest BCUT2D eigenvalue weighted by atomic mass is 10.1. The van der Waals surface area contributed by atoms with Crippen molar-refractivity contribution in [2.75, 3.05) is 37.5 Å². The lowest BCUT2D eigenvalue weighted by molar-refractivity contribution is -0.119. The molecule has 24 heavy (non-hydrogen) atoms. The molecule has 0 spiro atoms. The predicted octanol–water partition coefficient (Wildman–Crippen LogP) is 2.51. The van der Waals surface area contributed by atoms with Gasteiger partial charge in [0.25, 0.3) is 0 Å². The highest BCUT2D eigenvalue weighted by atomic mass is 32.2. The van der Waals surface area contributed by atoms with E-state index in [1.54, 1.807) is 11.8 Å². The van der Waals surface area contributed by atoms with E-state index in [9.17, 15) is 9.59 Å². The first kappa shape index (κ1) is 18.8. The van der Waals surface area contributed by atoms with Crippen molar-refractivity contribution in [3.05, 3.63) is 29.8 Å². The third kappa shape index (κ3) is 6.53. The lowest BCUT2D eigenvalue weighted by Gasteiger charge is -2.15. The Kier molecular flexibility index (Phi) is 7.12. The number of rotatable bonds is 9. The molecule has 0 unspecified atom stereocenters. The minimum absolute atomic E-state index is 0.0415. The molecule has 0 bridgehead atoms. The van der Waals surface area contributed by atoms with Gasteiger partial charge in [0.1, 0.15) is 0 Å². The normalized spacial score (nSPS) is 15.2. The summed E-state index contributed by atoms with van der Waals surface area (Å²) in [5.74, 6) is 1.79. The highest BCUT2D eigenvalue weighted by Gasteiger charge is 2.29. The van der Waals surface area contributed by atoms with Crippen molar-refractivity contribution in [2.24, 2.45) is 5.92 Å². The SMILES string of the molecule is C[C@H](NC(=O)CSCCN(C)C)c1ccc(NC(=O)C2CC2)cc1. The quantitative estimate of drug-likeness (QED) is 0.673. The van der Waals surface area contributed by atoms with E-state index in [4.69, 9.17) is 0 Å². The number of benzene rings is 1. The second kappa shape index (κ2) is 9.08. The van der Waals surface area contributed by atoms with Crippen LogP contribution in [0.3, 0.4) is 0 Å². The van der Waals surface area contributed by atoms with E-state index in [1.807, 2.05) is 45.3 Å². The molecule has 0 aromatic heterocycles. The van der Waals surface area contributed by atoms with Crippen LogP contribution in [-0.2, 0) is 9.59 Å². The first-order valence-corrected chi connectivity index (χ1v) is 9.54. The summed E-state index contributed by atoms with van der Waals surface area (Å²) in [7, 11) is 4.05. The van der Waals surface area contributed by atoms with Crippen molar-refractivity contribution >= 4 is 29.3 Å². The van der Waals surface area contributed by atoms with Gasteiger partial charge in [-0.25, -0.2) is 0 Å². The molecule has 1 aliphatic carbocycles. The number of anilines is 1. The largest absolute Gasteiger partial charge is 0.349 e.